The van der Waals surface area contributed by atoms with E-state index in [4.69, 9.17) is 13.9 Å². The Kier molecular flexibility index (Phi) is 9.14. The third kappa shape index (κ3) is 6.57. The molecule has 0 unspecified atom stereocenters. The molecule has 1 N–H and O–H groups in total. The summed E-state index contributed by atoms with van der Waals surface area (Å²) in [5.41, 5.74) is 3.07. The molecule has 2 fully saturated rings. The number of rotatable bonds is 4. The summed E-state index contributed by atoms with van der Waals surface area (Å²) in [6.07, 6.45) is 5.11. The van der Waals surface area contributed by atoms with Crippen molar-refractivity contribution in [2.45, 2.75) is 64.0 Å². The lowest BCUT2D eigenvalue weighted by Crippen LogP contribution is -2.60. The van der Waals surface area contributed by atoms with Crippen molar-refractivity contribution >= 4 is 28.8 Å². The molecular weight excluding hydrogens is 576 g/mol. The maximum Gasteiger partial charge on any atom is 0.420 e. The van der Waals surface area contributed by atoms with Gasteiger partial charge in [0.25, 0.3) is 0 Å². The topological polar surface area (TPSA) is 123 Å². The highest BCUT2D eigenvalue weighted by atomic mass is 16.5. The van der Waals surface area contributed by atoms with Gasteiger partial charge in [0.15, 0.2) is 17.1 Å². The lowest BCUT2D eigenvalue weighted by atomic mass is 9.77. The van der Waals surface area contributed by atoms with Crippen LogP contribution in [0.3, 0.4) is 0 Å². The fourth-order valence-corrected chi connectivity index (χ4v) is 7.50. The lowest BCUT2D eigenvalue weighted by Gasteiger charge is -2.51. The van der Waals surface area contributed by atoms with Gasteiger partial charge in [0.2, 0.25) is 17.7 Å². The van der Waals surface area contributed by atoms with Gasteiger partial charge >= 0.3 is 5.76 Å². The molecule has 3 amide bonds. The molecular formula is C34H42N4O7. The van der Waals surface area contributed by atoms with Gasteiger partial charge in [-0.3, -0.25) is 19.0 Å². The number of nitrogens with zero attached hydrogens (tertiary/aromatic N) is 3. The van der Waals surface area contributed by atoms with Gasteiger partial charge in [0.05, 0.1) is 19.7 Å². The van der Waals surface area contributed by atoms with E-state index in [9.17, 15) is 19.2 Å². The molecule has 1 aromatic heterocycles. The van der Waals surface area contributed by atoms with Crippen LogP contribution < -0.4 is 20.5 Å². The van der Waals surface area contributed by atoms with Crippen LogP contribution in [0, 0.1) is 11.8 Å². The van der Waals surface area contributed by atoms with Crippen molar-refractivity contribution in [1.82, 2.24) is 19.7 Å². The van der Waals surface area contributed by atoms with Gasteiger partial charge in [-0.2, -0.15) is 0 Å². The molecule has 2 aromatic carbocycles. The first kappa shape index (κ1) is 30.7. The summed E-state index contributed by atoms with van der Waals surface area (Å²) in [4.78, 5) is 56.5. The standard InChI is InChI=1S/C34H42N4O7/c1-43-29-17-22-12-13-31(40)37-19-23-16-25(26(37)9-5-11-30(39)35-14-6-7-24(15-22)33(29)44-2)20-36(18-23)32(41)21-38-27-8-3-4-10-28(27)45-34(38)42/h3-4,8,10,15,17,23,25-26H,5-7,9,11-14,16,18-21H2,1-2H3,(H,35,39)/t23-,25-,26-/m0/s1. The van der Waals surface area contributed by atoms with Crippen LogP contribution in [0.1, 0.15) is 49.7 Å². The minimum absolute atomic E-state index is 0.00480. The van der Waals surface area contributed by atoms with Crippen molar-refractivity contribution in [3.05, 3.63) is 58.1 Å². The number of nitrogens with one attached hydrogen (secondary N) is 1. The minimum atomic E-state index is -0.545. The summed E-state index contributed by atoms with van der Waals surface area (Å²) < 4.78 is 18.0. The average Bonchev–Trinajstić information content (AvgIpc) is 3.36. The summed E-state index contributed by atoms with van der Waals surface area (Å²) in [6.45, 7) is 2.11. The first-order chi connectivity index (χ1) is 21.8. The van der Waals surface area contributed by atoms with E-state index in [2.05, 4.69) is 11.4 Å². The number of fused-ring (bicyclic) bond motifs is 7. The Labute approximate surface area is 262 Å². The van der Waals surface area contributed by atoms with E-state index in [1.165, 1.54) is 4.57 Å². The van der Waals surface area contributed by atoms with Crippen molar-refractivity contribution in [3.8, 4) is 11.5 Å². The fourth-order valence-electron chi connectivity index (χ4n) is 7.50. The number of hydrogen-bond donors (Lipinski definition) is 1. The Bertz CT molecular complexity index is 1630. The molecule has 3 aromatic rings. The minimum Gasteiger partial charge on any atom is -0.493 e. The van der Waals surface area contributed by atoms with E-state index < -0.39 is 5.76 Å². The van der Waals surface area contributed by atoms with Crippen molar-refractivity contribution < 1.29 is 28.3 Å². The Balaban J connectivity index is 1.21. The smallest absolute Gasteiger partial charge is 0.420 e. The SMILES string of the molecule is COc1cc2cc(c1OC)CCCNC(=O)CCC[C@H]1[C@H]3C[C@@H](CN(C(=O)Cn4c(=O)oc5ccccc54)C3)CN1C(=O)CC2. The van der Waals surface area contributed by atoms with Crippen LogP contribution in [-0.2, 0) is 33.8 Å². The third-order valence-electron chi connectivity index (χ3n) is 9.60. The van der Waals surface area contributed by atoms with E-state index in [1.807, 2.05) is 21.9 Å². The van der Waals surface area contributed by atoms with Gasteiger partial charge in [-0.15, -0.1) is 0 Å². The zero-order chi connectivity index (χ0) is 31.5. The van der Waals surface area contributed by atoms with Crippen LogP contribution in [0.5, 0.6) is 11.5 Å². The van der Waals surface area contributed by atoms with Gasteiger partial charge in [-0.25, -0.2) is 4.79 Å². The largest absolute Gasteiger partial charge is 0.493 e. The van der Waals surface area contributed by atoms with Gasteiger partial charge in [-0.1, -0.05) is 18.2 Å². The molecule has 3 aliphatic rings. The lowest BCUT2D eigenvalue weighted by molar-refractivity contribution is -0.145. The fraction of sp³-hybridized carbons (Fsp3) is 0.529. The summed E-state index contributed by atoms with van der Waals surface area (Å²) in [5, 5.41) is 3.04. The monoisotopic (exact) mass is 618 g/mol. The van der Waals surface area contributed by atoms with Crippen LogP contribution in [0.2, 0.25) is 0 Å². The van der Waals surface area contributed by atoms with Crippen molar-refractivity contribution in [2.24, 2.45) is 11.8 Å². The number of hydrogen-bond acceptors (Lipinski definition) is 7. The molecule has 2 saturated heterocycles. The van der Waals surface area contributed by atoms with Gasteiger partial charge in [0, 0.05) is 45.1 Å². The maximum absolute atomic E-state index is 13.9. The first-order valence-electron chi connectivity index (χ1n) is 16.0. The second kappa shape index (κ2) is 13.4. The Morgan fingerprint density at radius 1 is 0.978 bits per heavy atom. The van der Waals surface area contributed by atoms with E-state index >= 15 is 0 Å². The van der Waals surface area contributed by atoms with E-state index in [-0.39, 0.29) is 42.1 Å². The van der Waals surface area contributed by atoms with Gasteiger partial charge in [-0.05, 0) is 79.7 Å². The van der Waals surface area contributed by atoms with E-state index in [0.29, 0.717) is 80.9 Å². The number of aromatic nitrogens is 1. The van der Waals surface area contributed by atoms with Crippen molar-refractivity contribution in [3.63, 3.8) is 0 Å². The summed E-state index contributed by atoms with van der Waals surface area (Å²) >= 11 is 0. The van der Waals surface area contributed by atoms with Crippen molar-refractivity contribution in [2.75, 3.05) is 40.4 Å². The molecule has 240 valence electrons. The summed E-state index contributed by atoms with van der Waals surface area (Å²) in [6, 6.07) is 11.1. The van der Waals surface area contributed by atoms with Crippen LogP contribution in [0.25, 0.3) is 11.1 Å². The van der Waals surface area contributed by atoms with Crippen LogP contribution in [0.15, 0.2) is 45.6 Å². The number of aryl methyl sites for hydroxylation is 2. The summed E-state index contributed by atoms with van der Waals surface area (Å²) in [5.74, 6) is 0.998. The van der Waals surface area contributed by atoms with E-state index in [0.717, 1.165) is 30.4 Å². The van der Waals surface area contributed by atoms with Gasteiger partial charge < -0.3 is 29.0 Å². The molecule has 11 nitrogen and oxygen atoms in total. The predicted octanol–water partition coefficient (Wildman–Crippen LogP) is 3.15. The van der Waals surface area contributed by atoms with Crippen LogP contribution in [-0.4, -0.2) is 78.5 Å². The molecule has 0 spiro atoms. The number of carbonyl (C=O) groups excluding carboxylic acids is 3. The number of ether oxygens (including phenoxy) is 2. The number of amides is 3. The number of piperidine rings is 2. The Morgan fingerprint density at radius 3 is 2.64 bits per heavy atom. The number of methoxy groups -OCH3 is 2. The third-order valence-corrected chi connectivity index (χ3v) is 9.60. The van der Waals surface area contributed by atoms with Crippen LogP contribution >= 0.6 is 0 Å². The van der Waals surface area contributed by atoms with Crippen LogP contribution in [0.4, 0.5) is 0 Å². The highest BCUT2D eigenvalue weighted by molar-refractivity contribution is 5.80. The molecule has 6 rings (SSSR count). The zero-order valence-corrected chi connectivity index (χ0v) is 26.1. The predicted molar refractivity (Wildman–Crippen MR) is 167 cm³/mol. The molecule has 4 heterocycles. The van der Waals surface area contributed by atoms with Crippen molar-refractivity contribution in [1.29, 1.82) is 0 Å². The van der Waals surface area contributed by atoms with Gasteiger partial charge in [0.1, 0.15) is 6.54 Å². The molecule has 4 bridgehead atoms. The summed E-state index contributed by atoms with van der Waals surface area (Å²) in [7, 11) is 3.24. The highest BCUT2D eigenvalue weighted by Gasteiger charge is 2.43. The quantitative estimate of drug-likeness (QED) is 0.477. The highest BCUT2D eigenvalue weighted by Crippen LogP contribution is 2.37. The molecule has 3 atom stereocenters. The molecule has 45 heavy (non-hydrogen) atoms. The normalized spacial score (nSPS) is 22.9. The molecule has 11 heteroatoms. The molecule has 0 aliphatic carbocycles. The maximum atomic E-state index is 13.9. The Hall–Kier alpha value is -4.28. The second-order valence-electron chi connectivity index (χ2n) is 12.5. The number of carbonyl (C=O) groups is 3. The molecule has 0 saturated carbocycles. The number of likely N-dealkylation sites (tertiary alicyclic amines) is 1. The molecule has 3 aliphatic heterocycles. The first-order valence-corrected chi connectivity index (χ1v) is 16.0. The number of para-hydroxylation sites is 2. The molecule has 0 radical (unpaired) electrons. The Morgan fingerprint density at radius 2 is 1.82 bits per heavy atom. The second-order valence-corrected chi connectivity index (χ2v) is 12.5. The zero-order valence-electron chi connectivity index (χ0n) is 26.1. The van der Waals surface area contributed by atoms with E-state index in [1.54, 1.807) is 32.4 Å². The average molecular weight is 619 g/mol. The number of benzene rings is 2. The number of oxazole rings is 1.